The number of hydrogen-bond donors (Lipinski definition) is 1. The quantitative estimate of drug-likeness (QED) is 0.839. The first-order valence-corrected chi connectivity index (χ1v) is 7.12. The van der Waals surface area contributed by atoms with Crippen LogP contribution in [0.4, 0.5) is 5.69 Å². The van der Waals surface area contributed by atoms with Crippen molar-refractivity contribution in [3.05, 3.63) is 54.1 Å². The summed E-state index contributed by atoms with van der Waals surface area (Å²) in [5.74, 6) is 0. The summed E-state index contributed by atoms with van der Waals surface area (Å²) in [5.41, 5.74) is 3.76. The van der Waals surface area contributed by atoms with Crippen molar-refractivity contribution in [3.63, 3.8) is 0 Å². The van der Waals surface area contributed by atoms with Gasteiger partial charge in [0.2, 0.25) is 0 Å². The Hall–Kier alpha value is -1.94. The molecule has 20 heavy (non-hydrogen) atoms. The van der Waals surface area contributed by atoms with Crippen LogP contribution in [0.15, 0.2) is 43.0 Å². The molecule has 0 aliphatic carbocycles. The molecule has 2 aromatic heterocycles. The first-order chi connectivity index (χ1) is 9.85. The third kappa shape index (κ3) is 3.78. The fraction of sp³-hybridized carbons (Fsp3) is 0.375. The van der Waals surface area contributed by atoms with Crippen LogP contribution in [0.1, 0.15) is 25.0 Å². The fourth-order valence-electron chi connectivity index (χ4n) is 2.18. The third-order valence-corrected chi connectivity index (χ3v) is 3.30. The molecule has 106 valence electrons. The lowest BCUT2D eigenvalue weighted by molar-refractivity contribution is 0.717. The maximum Gasteiger partial charge on any atom is 0.0601 e. The highest BCUT2D eigenvalue weighted by molar-refractivity contribution is 5.52. The number of nitrogens with zero attached hydrogens (tertiary/aromatic N) is 3. The van der Waals surface area contributed by atoms with Gasteiger partial charge in [-0.15, -0.1) is 0 Å². The highest BCUT2D eigenvalue weighted by Gasteiger charge is 2.10. The average molecular weight is 270 g/mol. The van der Waals surface area contributed by atoms with Crippen LogP contribution in [0, 0.1) is 0 Å². The summed E-state index contributed by atoms with van der Waals surface area (Å²) < 4.78 is 0. The molecule has 0 aliphatic rings. The Bertz CT molecular complexity index is 513. The van der Waals surface area contributed by atoms with Crippen molar-refractivity contribution >= 4 is 5.69 Å². The third-order valence-electron chi connectivity index (χ3n) is 3.30. The van der Waals surface area contributed by atoms with Gasteiger partial charge in [-0.25, -0.2) is 0 Å². The first kappa shape index (κ1) is 14.5. The van der Waals surface area contributed by atoms with Gasteiger partial charge in [0.05, 0.1) is 11.9 Å². The van der Waals surface area contributed by atoms with Crippen molar-refractivity contribution in [2.24, 2.45) is 0 Å². The van der Waals surface area contributed by atoms with E-state index in [1.54, 1.807) is 0 Å². The number of hydrogen-bond acceptors (Lipinski definition) is 4. The molecule has 0 amide bonds. The Kier molecular flexibility index (Phi) is 5.50. The molecule has 2 aromatic rings. The van der Waals surface area contributed by atoms with Gasteiger partial charge in [0.15, 0.2) is 0 Å². The van der Waals surface area contributed by atoms with Crippen LogP contribution >= 0.6 is 0 Å². The van der Waals surface area contributed by atoms with Crippen LogP contribution in [0.5, 0.6) is 0 Å². The monoisotopic (exact) mass is 270 g/mol. The minimum absolute atomic E-state index is 0.876. The molecule has 0 atom stereocenters. The Morgan fingerprint density at radius 2 is 1.80 bits per heavy atom. The highest BCUT2D eigenvalue weighted by Crippen LogP contribution is 2.21. The summed E-state index contributed by atoms with van der Waals surface area (Å²) in [5, 5.41) is 3.38. The van der Waals surface area contributed by atoms with Crippen LogP contribution in [0.3, 0.4) is 0 Å². The van der Waals surface area contributed by atoms with Gasteiger partial charge in [-0.2, -0.15) is 0 Å². The average Bonchev–Trinajstić information content (AvgIpc) is 2.52. The summed E-state index contributed by atoms with van der Waals surface area (Å²) in [6.45, 7) is 7.97. The summed E-state index contributed by atoms with van der Waals surface area (Å²) in [6.07, 6.45) is 7.49. The zero-order valence-electron chi connectivity index (χ0n) is 12.2. The first-order valence-electron chi connectivity index (χ1n) is 7.12. The van der Waals surface area contributed by atoms with E-state index in [0.717, 1.165) is 26.2 Å². The fourth-order valence-corrected chi connectivity index (χ4v) is 2.18. The number of aromatic nitrogens is 2. The smallest absolute Gasteiger partial charge is 0.0601 e. The Morgan fingerprint density at radius 3 is 2.50 bits per heavy atom. The molecule has 4 heteroatoms. The van der Waals surface area contributed by atoms with E-state index in [-0.39, 0.29) is 0 Å². The molecule has 2 rings (SSSR count). The predicted octanol–water partition coefficient (Wildman–Crippen LogP) is 2.61. The van der Waals surface area contributed by atoms with Crippen molar-refractivity contribution in [2.45, 2.75) is 26.9 Å². The van der Waals surface area contributed by atoms with E-state index in [4.69, 9.17) is 0 Å². The van der Waals surface area contributed by atoms with Crippen molar-refractivity contribution in [1.82, 2.24) is 15.3 Å². The second kappa shape index (κ2) is 7.60. The largest absolute Gasteiger partial charge is 0.366 e. The molecule has 0 saturated carbocycles. The molecule has 0 spiro atoms. The zero-order chi connectivity index (χ0) is 14.2. The van der Waals surface area contributed by atoms with Gasteiger partial charge in [0.1, 0.15) is 0 Å². The molecular formula is C16H22N4. The summed E-state index contributed by atoms with van der Waals surface area (Å²) >= 11 is 0. The SMILES string of the molecule is CCNCc1ccncc1N(CC)Cc1ccncc1. The lowest BCUT2D eigenvalue weighted by atomic mass is 10.1. The van der Waals surface area contributed by atoms with E-state index in [1.807, 2.05) is 24.8 Å². The van der Waals surface area contributed by atoms with Crippen molar-refractivity contribution in [2.75, 3.05) is 18.0 Å². The molecule has 0 bridgehead atoms. The van der Waals surface area contributed by atoms with Crippen LogP contribution in [0.2, 0.25) is 0 Å². The van der Waals surface area contributed by atoms with Gasteiger partial charge in [-0.1, -0.05) is 6.92 Å². The Labute approximate surface area is 120 Å². The number of anilines is 1. The van der Waals surface area contributed by atoms with Gasteiger partial charge in [0, 0.05) is 38.2 Å². The standard InChI is InChI=1S/C16H22N4/c1-3-17-11-15-7-10-19-12-16(15)20(4-2)13-14-5-8-18-9-6-14/h5-10,12,17H,3-4,11,13H2,1-2H3. The second-order valence-corrected chi connectivity index (χ2v) is 4.65. The summed E-state index contributed by atoms with van der Waals surface area (Å²) in [7, 11) is 0. The van der Waals surface area contributed by atoms with Crippen LogP contribution < -0.4 is 10.2 Å². The lowest BCUT2D eigenvalue weighted by Crippen LogP contribution is -2.25. The minimum atomic E-state index is 0.876. The zero-order valence-corrected chi connectivity index (χ0v) is 12.2. The topological polar surface area (TPSA) is 41.1 Å². The molecule has 1 N–H and O–H groups in total. The van der Waals surface area contributed by atoms with Gasteiger partial charge in [0.25, 0.3) is 0 Å². The lowest BCUT2D eigenvalue weighted by Gasteiger charge is -2.25. The van der Waals surface area contributed by atoms with Gasteiger partial charge < -0.3 is 10.2 Å². The van der Waals surface area contributed by atoms with Gasteiger partial charge in [-0.3, -0.25) is 9.97 Å². The maximum atomic E-state index is 4.28. The van der Waals surface area contributed by atoms with Gasteiger partial charge in [-0.05, 0) is 42.8 Å². The van der Waals surface area contributed by atoms with E-state index < -0.39 is 0 Å². The Morgan fingerprint density at radius 1 is 1.05 bits per heavy atom. The second-order valence-electron chi connectivity index (χ2n) is 4.65. The van der Waals surface area contributed by atoms with E-state index >= 15 is 0 Å². The minimum Gasteiger partial charge on any atom is -0.366 e. The molecule has 0 aliphatic heterocycles. The summed E-state index contributed by atoms with van der Waals surface area (Å²) in [4.78, 5) is 10.7. The molecule has 0 unspecified atom stereocenters. The highest BCUT2D eigenvalue weighted by atomic mass is 15.1. The molecule has 0 aromatic carbocycles. The van der Waals surface area contributed by atoms with E-state index in [9.17, 15) is 0 Å². The molecule has 0 fully saturated rings. The van der Waals surface area contributed by atoms with Crippen molar-refractivity contribution < 1.29 is 0 Å². The number of rotatable bonds is 7. The van der Waals surface area contributed by atoms with Crippen LogP contribution in [-0.2, 0) is 13.1 Å². The number of pyridine rings is 2. The maximum absolute atomic E-state index is 4.28. The molecule has 2 heterocycles. The summed E-state index contributed by atoms with van der Waals surface area (Å²) in [6, 6.07) is 6.21. The Balaban J connectivity index is 2.18. The van der Waals surface area contributed by atoms with Gasteiger partial charge >= 0.3 is 0 Å². The normalized spacial score (nSPS) is 10.5. The van der Waals surface area contributed by atoms with Crippen molar-refractivity contribution in [1.29, 1.82) is 0 Å². The van der Waals surface area contributed by atoms with E-state index in [1.165, 1.54) is 16.8 Å². The number of nitrogens with one attached hydrogen (secondary N) is 1. The molecular weight excluding hydrogens is 248 g/mol. The van der Waals surface area contributed by atoms with Crippen molar-refractivity contribution in [3.8, 4) is 0 Å². The van der Waals surface area contributed by atoms with Crippen LogP contribution in [-0.4, -0.2) is 23.1 Å². The predicted molar refractivity (Wildman–Crippen MR) is 82.6 cm³/mol. The molecule has 0 saturated heterocycles. The van der Waals surface area contributed by atoms with E-state index in [2.05, 4.69) is 52.2 Å². The van der Waals surface area contributed by atoms with Crippen LogP contribution in [0.25, 0.3) is 0 Å². The molecule has 4 nitrogen and oxygen atoms in total. The van der Waals surface area contributed by atoms with E-state index in [0.29, 0.717) is 0 Å². The molecule has 0 radical (unpaired) electrons.